The van der Waals surface area contributed by atoms with E-state index in [1.165, 1.54) is 0 Å². The molecule has 138 valence electrons. The van der Waals surface area contributed by atoms with E-state index in [4.69, 9.17) is 0 Å². The van der Waals surface area contributed by atoms with E-state index in [0.29, 0.717) is 18.6 Å². The first-order chi connectivity index (χ1) is 11.5. The van der Waals surface area contributed by atoms with Crippen molar-refractivity contribution in [2.24, 2.45) is 5.92 Å². The van der Waals surface area contributed by atoms with Gasteiger partial charge in [0.1, 0.15) is 5.69 Å². The minimum absolute atomic E-state index is 0.00273. The average Bonchev–Trinajstić information content (AvgIpc) is 2.82. The van der Waals surface area contributed by atoms with Gasteiger partial charge in [-0.2, -0.15) is 13.2 Å². The van der Waals surface area contributed by atoms with Crippen LogP contribution in [0.4, 0.5) is 24.5 Å². The van der Waals surface area contributed by atoms with E-state index in [1.807, 2.05) is 0 Å². The van der Waals surface area contributed by atoms with E-state index in [0.717, 1.165) is 6.07 Å². The summed E-state index contributed by atoms with van der Waals surface area (Å²) < 4.78 is 60.5. The number of hydrogen-bond donors (Lipinski definition) is 2. The molecule has 12 heteroatoms. The number of carbonyl (C=O) groups excluding carboxylic acids is 1. The maximum absolute atomic E-state index is 12.6. The number of nitro benzene ring substituents is 1. The molecule has 1 saturated heterocycles. The number of halogens is 3. The van der Waals surface area contributed by atoms with Crippen molar-refractivity contribution in [2.45, 2.75) is 19.0 Å². The average molecular weight is 381 g/mol. The van der Waals surface area contributed by atoms with Gasteiger partial charge in [0, 0.05) is 12.5 Å². The highest BCUT2D eigenvalue weighted by Gasteiger charge is 2.33. The Morgan fingerprint density at radius 1 is 1.36 bits per heavy atom. The summed E-state index contributed by atoms with van der Waals surface area (Å²) in [6, 6.07) is 1.84. The van der Waals surface area contributed by atoms with Crippen LogP contribution in [0.2, 0.25) is 0 Å². The maximum Gasteiger partial charge on any atom is 0.416 e. The molecule has 0 aliphatic carbocycles. The van der Waals surface area contributed by atoms with Crippen LogP contribution in [0.25, 0.3) is 0 Å². The maximum atomic E-state index is 12.6. The Bertz CT molecular complexity index is 795. The Morgan fingerprint density at radius 2 is 2.04 bits per heavy atom. The van der Waals surface area contributed by atoms with Crippen LogP contribution in [0.5, 0.6) is 0 Å². The summed E-state index contributed by atoms with van der Waals surface area (Å²) in [7, 11) is -3.14. The number of alkyl halides is 3. The summed E-state index contributed by atoms with van der Waals surface area (Å²) in [5.41, 5.74) is 2.00. The Kier molecular flexibility index (Phi) is 5.20. The first-order valence-electron chi connectivity index (χ1n) is 7.09. The van der Waals surface area contributed by atoms with E-state index in [9.17, 15) is 36.5 Å². The molecule has 1 aromatic carbocycles. The molecule has 1 atom stereocenters. The first-order valence-corrected chi connectivity index (χ1v) is 8.91. The predicted molar refractivity (Wildman–Crippen MR) is 81.2 cm³/mol. The summed E-state index contributed by atoms with van der Waals surface area (Å²) in [6.45, 7) is 0. The van der Waals surface area contributed by atoms with E-state index in [2.05, 4.69) is 10.9 Å². The molecule has 1 aliphatic rings. The third kappa shape index (κ3) is 5.05. The number of nitro groups is 1. The molecule has 1 fully saturated rings. The molecule has 1 amide bonds. The lowest BCUT2D eigenvalue weighted by atomic mass is 10.1. The van der Waals surface area contributed by atoms with Gasteiger partial charge in [-0.25, -0.2) is 8.42 Å². The monoisotopic (exact) mass is 381 g/mol. The molecule has 1 unspecified atom stereocenters. The minimum atomic E-state index is -4.74. The molecule has 2 N–H and O–H groups in total. The number of rotatable bonds is 5. The quantitative estimate of drug-likeness (QED) is 0.594. The Hall–Kier alpha value is -2.37. The molecular formula is C13H14F3N3O5S. The molecule has 1 aromatic rings. The number of nitrogens with one attached hydrogen (secondary N) is 2. The summed E-state index contributed by atoms with van der Waals surface area (Å²) in [5.74, 6) is -1.07. The third-order valence-corrected chi connectivity index (χ3v) is 5.50. The highest BCUT2D eigenvalue weighted by Crippen LogP contribution is 2.34. The molecule has 0 bridgehead atoms. The van der Waals surface area contributed by atoms with Crippen LogP contribution in [-0.2, 0) is 20.8 Å². The number of nitrogens with zero attached hydrogens (tertiary/aromatic N) is 1. The number of benzene rings is 1. The van der Waals surface area contributed by atoms with E-state index in [1.54, 1.807) is 0 Å². The zero-order valence-electron chi connectivity index (χ0n) is 12.7. The van der Waals surface area contributed by atoms with Crippen LogP contribution >= 0.6 is 0 Å². The summed E-state index contributed by atoms with van der Waals surface area (Å²) in [5, 5.41) is 10.9. The fourth-order valence-electron chi connectivity index (χ4n) is 2.45. The number of carbonyl (C=O) groups is 1. The topological polar surface area (TPSA) is 118 Å². The largest absolute Gasteiger partial charge is 0.416 e. The number of hydrazine groups is 1. The highest BCUT2D eigenvalue weighted by molar-refractivity contribution is 7.91. The van der Waals surface area contributed by atoms with Gasteiger partial charge in [-0.15, -0.1) is 0 Å². The second kappa shape index (κ2) is 6.86. The standard InChI is InChI=1S/C13H14F3N3O5S/c14-13(15,16)9-1-2-10(11(6-9)19(21)22)17-18-12(20)5-8-3-4-25(23,24)7-8/h1-2,6,8,17H,3-5,7H2,(H,18,20). The van der Waals surface area contributed by atoms with Crippen LogP contribution in [0.1, 0.15) is 18.4 Å². The summed E-state index contributed by atoms with van der Waals surface area (Å²) >= 11 is 0. The Morgan fingerprint density at radius 3 is 2.56 bits per heavy atom. The second-order valence-corrected chi connectivity index (χ2v) is 7.86. The van der Waals surface area contributed by atoms with Gasteiger partial charge in [0.2, 0.25) is 5.91 Å². The van der Waals surface area contributed by atoms with Gasteiger partial charge in [-0.3, -0.25) is 25.8 Å². The van der Waals surface area contributed by atoms with Crippen LogP contribution in [0.15, 0.2) is 18.2 Å². The Labute approximate surface area is 140 Å². The van der Waals surface area contributed by atoms with E-state index >= 15 is 0 Å². The van der Waals surface area contributed by atoms with Crippen LogP contribution in [0.3, 0.4) is 0 Å². The zero-order valence-corrected chi connectivity index (χ0v) is 13.5. The predicted octanol–water partition coefficient (Wildman–Crippen LogP) is 1.88. The van der Waals surface area contributed by atoms with E-state index in [-0.39, 0.29) is 29.5 Å². The summed E-state index contributed by atoms with van der Waals surface area (Å²) in [4.78, 5) is 21.7. The van der Waals surface area contributed by atoms with Gasteiger partial charge in [0.15, 0.2) is 9.84 Å². The fourth-order valence-corrected chi connectivity index (χ4v) is 4.31. The fraction of sp³-hybridized carbons (Fsp3) is 0.462. The van der Waals surface area contributed by atoms with Gasteiger partial charge >= 0.3 is 6.18 Å². The van der Waals surface area contributed by atoms with Crippen LogP contribution < -0.4 is 10.9 Å². The molecular weight excluding hydrogens is 367 g/mol. The Balaban J connectivity index is 2.02. The molecule has 25 heavy (non-hydrogen) atoms. The molecule has 2 rings (SSSR count). The number of amides is 1. The molecule has 1 heterocycles. The SMILES string of the molecule is O=C(CC1CCS(=O)(=O)C1)NNc1ccc(C(F)(F)F)cc1[N+](=O)[O-]. The first kappa shape index (κ1) is 19.0. The number of anilines is 1. The zero-order chi connectivity index (χ0) is 18.8. The smallest absolute Gasteiger partial charge is 0.292 e. The van der Waals surface area contributed by atoms with Crippen molar-refractivity contribution in [3.05, 3.63) is 33.9 Å². The number of hydrogen-bond acceptors (Lipinski definition) is 6. The normalized spacial score (nSPS) is 19.4. The highest BCUT2D eigenvalue weighted by atomic mass is 32.2. The lowest BCUT2D eigenvalue weighted by Gasteiger charge is -2.12. The van der Waals surface area contributed by atoms with Crippen molar-refractivity contribution < 1.29 is 31.3 Å². The van der Waals surface area contributed by atoms with Crippen molar-refractivity contribution in [2.75, 3.05) is 16.9 Å². The lowest BCUT2D eigenvalue weighted by molar-refractivity contribution is -0.384. The molecule has 0 radical (unpaired) electrons. The van der Waals surface area contributed by atoms with E-state index < -0.39 is 38.1 Å². The van der Waals surface area contributed by atoms with Gasteiger partial charge in [0.05, 0.1) is 22.0 Å². The van der Waals surface area contributed by atoms with Crippen molar-refractivity contribution in [1.29, 1.82) is 0 Å². The second-order valence-electron chi connectivity index (χ2n) is 5.63. The van der Waals surface area contributed by atoms with Gasteiger partial charge < -0.3 is 0 Å². The molecule has 0 spiro atoms. The molecule has 1 aliphatic heterocycles. The van der Waals surface area contributed by atoms with Crippen LogP contribution in [-0.4, -0.2) is 30.8 Å². The van der Waals surface area contributed by atoms with Crippen molar-refractivity contribution in [3.63, 3.8) is 0 Å². The van der Waals surface area contributed by atoms with Crippen molar-refractivity contribution in [3.8, 4) is 0 Å². The van der Waals surface area contributed by atoms with Gasteiger partial charge in [-0.05, 0) is 24.5 Å². The molecule has 8 nitrogen and oxygen atoms in total. The molecule has 0 aromatic heterocycles. The van der Waals surface area contributed by atoms with Crippen molar-refractivity contribution in [1.82, 2.24) is 5.43 Å². The van der Waals surface area contributed by atoms with Gasteiger partial charge in [-0.1, -0.05) is 0 Å². The summed E-state index contributed by atoms with van der Waals surface area (Å²) in [6.07, 6.45) is -4.50. The third-order valence-electron chi connectivity index (χ3n) is 3.66. The lowest BCUT2D eigenvalue weighted by Crippen LogP contribution is -2.31. The van der Waals surface area contributed by atoms with Gasteiger partial charge in [0.25, 0.3) is 5.69 Å². The molecule has 0 saturated carbocycles. The van der Waals surface area contributed by atoms with Crippen molar-refractivity contribution >= 4 is 27.1 Å². The minimum Gasteiger partial charge on any atom is -0.292 e. The number of sulfone groups is 1. The van der Waals surface area contributed by atoms with Crippen LogP contribution in [0, 0.1) is 16.0 Å².